The predicted molar refractivity (Wildman–Crippen MR) is 112 cm³/mol. The van der Waals surface area contributed by atoms with Crippen molar-refractivity contribution in [3.63, 3.8) is 0 Å². The molecule has 0 radical (unpaired) electrons. The zero-order valence-corrected chi connectivity index (χ0v) is 16.8. The van der Waals surface area contributed by atoms with Gasteiger partial charge in [0.1, 0.15) is 0 Å². The molecule has 0 aliphatic carbocycles. The minimum Gasteiger partial charge on any atom is -0.493 e. The summed E-state index contributed by atoms with van der Waals surface area (Å²) in [5.41, 5.74) is 6.98. The van der Waals surface area contributed by atoms with E-state index in [2.05, 4.69) is 0 Å². The van der Waals surface area contributed by atoms with E-state index < -0.39 is 0 Å². The second-order valence-electron chi connectivity index (χ2n) is 5.52. The largest absolute Gasteiger partial charge is 0.493 e. The number of ether oxygens (including phenoxy) is 3. The third-order valence-corrected chi connectivity index (χ3v) is 5.67. The minimum atomic E-state index is -0.196. The molecule has 0 aliphatic rings. The molecular weight excluding hydrogens is 382 g/mol. The van der Waals surface area contributed by atoms with E-state index >= 15 is 0 Å². The van der Waals surface area contributed by atoms with E-state index in [0.29, 0.717) is 33.4 Å². The van der Waals surface area contributed by atoms with Crippen LogP contribution in [0.3, 0.4) is 0 Å². The third kappa shape index (κ3) is 3.99. The molecule has 0 aliphatic heterocycles. The SMILES string of the molecule is COc1cc(C(=O)c2cc(/C=C\c3cccs3)sc2N)cc(OC)c1OC. The molecule has 2 heterocycles. The molecule has 140 valence electrons. The Balaban J connectivity index is 1.94. The first kappa shape index (κ1) is 19.0. The van der Waals surface area contributed by atoms with Gasteiger partial charge in [-0.15, -0.1) is 22.7 Å². The summed E-state index contributed by atoms with van der Waals surface area (Å²) < 4.78 is 16.0. The highest BCUT2D eigenvalue weighted by Gasteiger charge is 2.20. The number of hydrogen-bond donors (Lipinski definition) is 1. The highest BCUT2D eigenvalue weighted by molar-refractivity contribution is 7.17. The van der Waals surface area contributed by atoms with E-state index in [9.17, 15) is 4.79 Å². The number of methoxy groups -OCH3 is 3. The van der Waals surface area contributed by atoms with Crippen molar-refractivity contribution < 1.29 is 19.0 Å². The van der Waals surface area contributed by atoms with Gasteiger partial charge in [0.15, 0.2) is 17.3 Å². The summed E-state index contributed by atoms with van der Waals surface area (Å²) in [6.45, 7) is 0. The fraction of sp³-hybridized carbons (Fsp3) is 0.150. The molecule has 0 amide bonds. The van der Waals surface area contributed by atoms with Gasteiger partial charge in [0.2, 0.25) is 5.75 Å². The van der Waals surface area contributed by atoms with Crippen LogP contribution in [-0.4, -0.2) is 27.1 Å². The maximum atomic E-state index is 13.0. The van der Waals surface area contributed by atoms with Crippen LogP contribution in [0.1, 0.15) is 25.7 Å². The average Bonchev–Trinajstić information content (AvgIpc) is 3.33. The Morgan fingerprint density at radius 3 is 2.22 bits per heavy atom. The molecule has 0 bridgehead atoms. The number of anilines is 1. The first-order valence-corrected chi connectivity index (χ1v) is 9.72. The van der Waals surface area contributed by atoms with Crippen molar-refractivity contribution in [2.75, 3.05) is 27.1 Å². The summed E-state index contributed by atoms with van der Waals surface area (Å²) in [5, 5.41) is 2.49. The maximum absolute atomic E-state index is 13.0. The smallest absolute Gasteiger partial charge is 0.203 e. The quantitative estimate of drug-likeness (QED) is 0.575. The van der Waals surface area contributed by atoms with Crippen LogP contribution >= 0.6 is 22.7 Å². The molecule has 3 aromatic rings. The van der Waals surface area contributed by atoms with Crippen LogP contribution in [0.4, 0.5) is 5.00 Å². The van der Waals surface area contributed by atoms with Crippen LogP contribution in [-0.2, 0) is 0 Å². The van der Waals surface area contributed by atoms with Crippen molar-refractivity contribution in [1.82, 2.24) is 0 Å². The van der Waals surface area contributed by atoms with Gasteiger partial charge in [0.05, 0.1) is 31.9 Å². The van der Waals surface area contributed by atoms with E-state index in [1.165, 1.54) is 32.7 Å². The lowest BCUT2D eigenvalue weighted by Gasteiger charge is -2.13. The second-order valence-corrected chi connectivity index (χ2v) is 7.61. The summed E-state index contributed by atoms with van der Waals surface area (Å²) in [7, 11) is 4.54. The maximum Gasteiger partial charge on any atom is 0.203 e. The monoisotopic (exact) mass is 401 g/mol. The molecule has 0 saturated carbocycles. The molecule has 0 saturated heterocycles. The normalized spacial score (nSPS) is 10.9. The summed E-state index contributed by atoms with van der Waals surface area (Å²) >= 11 is 3.02. The van der Waals surface area contributed by atoms with Crippen molar-refractivity contribution in [2.45, 2.75) is 0 Å². The molecule has 2 aromatic heterocycles. The van der Waals surface area contributed by atoms with Gasteiger partial charge in [-0.1, -0.05) is 6.07 Å². The topological polar surface area (TPSA) is 70.8 Å². The summed E-state index contributed by atoms with van der Waals surface area (Å²) in [6.07, 6.45) is 3.96. The van der Waals surface area contributed by atoms with E-state index in [1.54, 1.807) is 29.5 Å². The molecule has 2 N–H and O–H groups in total. The van der Waals surface area contributed by atoms with Gasteiger partial charge < -0.3 is 19.9 Å². The number of hydrogen-bond acceptors (Lipinski definition) is 7. The molecular formula is C20H19NO4S2. The lowest BCUT2D eigenvalue weighted by atomic mass is 10.0. The lowest BCUT2D eigenvalue weighted by Crippen LogP contribution is -2.05. The standard InChI is InChI=1S/C20H19NO4S2/c1-23-16-9-12(10-17(24-2)19(16)25-3)18(22)15-11-14(27-20(15)21)7-6-13-5-4-8-26-13/h4-11H,21H2,1-3H3/b7-6-. The van der Waals surface area contributed by atoms with Crippen molar-refractivity contribution >= 4 is 45.6 Å². The molecule has 27 heavy (non-hydrogen) atoms. The molecule has 0 unspecified atom stereocenters. The van der Waals surface area contributed by atoms with E-state index in [4.69, 9.17) is 19.9 Å². The Bertz CT molecular complexity index is 949. The van der Waals surface area contributed by atoms with Gasteiger partial charge in [-0.05, 0) is 41.8 Å². The number of ketones is 1. The zero-order valence-electron chi connectivity index (χ0n) is 15.1. The molecule has 7 heteroatoms. The average molecular weight is 402 g/mol. The fourth-order valence-electron chi connectivity index (χ4n) is 2.60. The first-order valence-electron chi connectivity index (χ1n) is 8.03. The number of thiophene rings is 2. The van der Waals surface area contributed by atoms with Crippen LogP contribution in [0.2, 0.25) is 0 Å². The van der Waals surface area contributed by atoms with Gasteiger partial charge in [-0.3, -0.25) is 4.79 Å². The van der Waals surface area contributed by atoms with Gasteiger partial charge >= 0.3 is 0 Å². The highest BCUT2D eigenvalue weighted by atomic mass is 32.1. The summed E-state index contributed by atoms with van der Waals surface area (Å²) in [5.74, 6) is 1.09. The molecule has 1 aromatic carbocycles. The Kier molecular flexibility index (Phi) is 5.83. The molecule has 0 fully saturated rings. The van der Waals surface area contributed by atoms with E-state index in [1.807, 2.05) is 29.7 Å². The fourth-order valence-corrected chi connectivity index (χ4v) is 4.05. The van der Waals surface area contributed by atoms with Crippen molar-refractivity contribution in [3.8, 4) is 17.2 Å². The van der Waals surface area contributed by atoms with Gasteiger partial charge in [0, 0.05) is 15.3 Å². The van der Waals surface area contributed by atoms with Gasteiger partial charge in [-0.2, -0.15) is 0 Å². The Labute approximate surface area is 165 Å². The highest BCUT2D eigenvalue weighted by Crippen LogP contribution is 2.39. The minimum absolute atomic E-state index is 0.196. The number of carbonyl (C=O) groups excluding carboxylic acids is 1. The molecule has 5 nitrogen and oxygen atoms in total. The van der Waals surface area contributed by atoms with Crippen molar-refractivity contribution in [2.24, 2.45) is 0 Å². The first-order chi connectivity index (χ1) is 13.1. The number of nitrogen functional groups attached to an aromatic ring is 1. The summed E-state index contributed by atoms with van der Waals surface area (Å²) in [6, 6.07) is 9.08. The molecule has 0 spiro atoms. The number of nitrogens with two attached hydrogens (primary N) is 1. The zero-order chi connectivity index (χ0) is 19.4. The molecule has 0 atom stereocenters. The lowest BCUT2D eigenvalue weighted by molar-refractivity contribution is 0.103. The van der Waals surface area contributed by atoms with Crippen LogP contribution in [0.5, 0.6) is 17.2 Å². The third-order valence-electron chi connectivity index (χ3n) is 3.91. The van der Waals surface area contributed by atoms with Crippen LogP contribution in [0.15, 0.2) is 35.7 Å². The van der Waals surface area contributed by atoms with Crippen LogP contribution in [0, 0.1) is 0 Å². The Hall–Kier alpha value is -2.77. The predicted octanol–water partition coefficient (Wildman–Crippen LogP) is 4.82. The summed E-state index contributed by atoms with van der Waals surface area (Å²) in [4.78, 5) is 15.1. The van der Waals surface area contributed by atoms with Crippen LogP contribution < -0.4 is 19.9 Å². The Morgan fingerprint density at radius 1 is 1.00 bits per heavy atom. The second kappa shape index (κ2) is 8.28. The van der Waals surface area contributed by atoms with Crippen molar-refractivity contribution in [1.29, 1.82) is 0 Å². The van der Waals surface area contributed by atoms with Gasteiger partial charge in [-0.25, -0.2) is 0 Å². The number of carbonyl (C=O) groups is 1. The van der Waals surface area contributed by atoms with Gasteiger partial charge in [0.25, 0.3) is 0 Å². The van der Waals surface area contributed by atoms with Crippen LogP contribution in [0.25, 0.3) is 12.2 Å². The Morgan fingerprint density at radius 2 is 1.67 bits per heavy atom. The van der Waals surface area contributed by atoms with Crippen molar-refractivity contribution in [3.05, 3.63) is 56.6 Å². The number of rotatable bonds is 7. The number of benzene rings is 1. The molecule has 3 rings (SSSR count). The van der Waals surface area contributed by atoms with E-state index in [-0.39, 0.29) is 5.78 Å². The van der Waals surface area contributed by atoms with E-state index in [0.717, 1.165) is 9.75 Å².